The van der Waals surface area contributed by atoms with Crippen molar-refractivity contribution in [3.8, 4) is 0 Å². The molecule has 0 aromatic carbocycles. The molecule has 2 heteroatoms. The summed E-state index contributed by atoms with van der Waals surface area (Å²) >= 11 is 0. The van der Waals surface area contributed by atoms with Crippen LogP contribution in [0.2, 0.25) is 0 Å². The van der Waals surface area contributed by atoms with Crippen molar-refractivity contribution in [2.24, 2.45) is 10.4 Å². The van der Waals surface area contributed by atoms with Gasteiger partial charge in [0, 0.05) is 23.6 Å². The molecule has 12 heavy (non-hydrogen) atoms. The second-order valence-corrected chi connectivity index (χ2v) is 3.84. The zero-order chi connectivity index (χ0) is 8.60. The average molecular weight is 163 g/mol. The van der Waals surface area contributed by atoms with Crippen molar-refractivity contribution in [1.29, 1.82) is 0 Å². The predicted molar refractivity (Wildman–Crippen MR) is 49.0 cm³/mol. The van der Waals surface area contributed by atoms with Gasteiger partial charge in [0.15, 0.2) is 0 Å². The van der Waals surface area contributed by atoms with Gasteiger partial charge < -0.3 is 4.74 Å². The normalized spacial score (nSPS) is 25.2. The highest BCUT2D eigenvalue weighted by Crippen LogP contribution is 2.28. The Hall–Kier alpha value is -1.05. The maximum atomic E-state index is 5.36. The Labute approximate surface area is 72.6 Å². The molecule has 0 aromatic rings. The first-order chi connectivity index (χ1) is 5.67. The van der Waals surface area contributed by atoms with Crippen LogP contribution in [0, 0.1) is 5.41 Å². The van der Waals surface area contributed by atoms with Crippen LogP contribution in [0.5, 0.6) is 0 Å². The van der Waals surface area contributed by atoms with Gasteiger partial charge in [-0.2, -0.15) is 0 Å². The monoisotopic (exact) mass is 163 g/mol. The fourth-order valence-corrected chi connectivity index (χ4v) is 1.51. The molecule has 1 fully saturated rings. The van der Waals surface area contributed by atoms with E-state index in [1.807, 2.05) is 6.20 Å². The molecular formula is C10H13NO. The lowest BCUT2D eigenvalue weighted by Gasteiger charge is -2.13. The third-order valence-electron chi connectivity index (χ3n) is 2.13. The van der Waals surface area contributed by atoms with Gasteiger partial charge in [-0.3, -0.25) is 0 Å². The molecule has 0 spiro atoms. The van der Waals surface area contributed by atoms with Crippen LogP contribution in [0.25, 0.3) is 0 Å². The first kappa shape index (κ1) is 7.59. The molecule has 0 amide bonds. The summed E-state index contributed by atoms with van der Waals surface area (Å²) in [4.78, 5) is 4.23. The van der Waals surface area contributed by atoms with Crippen LogP contribution >= 0.6 is 0 Å². The van der Waals surface area contributed by atoms with Gasteiger partial charge >= 0.3 is 0 Å². The number of fused-ring (bicyclic) bond motifs is 1. The molecule has 0 unspecified atom stereocenters. The molecule has 0 atom stereocenters. The molecule has 2 aliphatic heterocycles. The average Bonchev–Trinajstić information content (AvgIpc) is 2.31. The van der Waals surface area contributed by atoms with Crippen molar-refractivity contribution in [2.75, 3.05) is 6.61 Å². The topological polar surface area (TPSA) is 21.6 Å². The van der Waals surface area contributed by atoms with Gasteiger partial charge in [-0.15, -0.1) is 0 Å². The summed E-state index contributed by atoms with van der Waals surface area (Å²) in [7, 11) is 0. The van der Waals surface area contributed by atoms with Crippen molar-refractivity contribution in [2.45, 2.75) is 20.3 Å². The van der Waals surface area contributed by atoms with E-state index in [2.05, 4.69) is 31.0 Å². The van der Waals surface area contributed by atoms with Crippen LogP contribution in [0.4, 0.5) is 0 Å². The minimum atomic E-state index is 0.119. The van der Waals surface area contributed by atoms with Gasteiger partial charge in [0.1, 0.15) is 0 Å². The molecule has 0 bridgehead atoms. The van der Waals surface area contributed by atoms with Crippen LogP contribution in [-0.4, -0.2) is 12.5 Å². The third-order valence-corrected chi connectivity index (χ3v) is 2.13. The second kappa shape index (κ2) is 2.47. The highest BCUT2D eigenvalue weighted by atomic mass is 16.5. The van der Waals surface area contributed by atoms with Gasteiger partial charge in [-0.05, 0) is 0 Å². The van der Waals surface area contributed by atoms with Crippen molar-refractivity contribution in [1.82, 2.24) is 0 Å². The predicted octanol–water partition coefficient (Wildman–Crippen LogP) is 2.29. The molecule has 0 saturated carbocycles. The molecule has 64 valence electrons. The summed E-state index contributed by atoms with van der Waals surface area (Å²) in [5.74, 6) is 0.817. The van der Waals surface area contributed by atoms with E-state index in [0.717, 1.165) is 18.9 Å². The Morgan fingerprint density at radius 2 is 2.33 bits per heavy atom. The van der Waals surface area contributed by atoms with Crippen LogP contribution in [0.15, 0.2) is 28.9 Å². The molecule has 0 radical (unpaired) electrons. The minimum Gasteiger partial charge on any atom is -0.477 e. The van der Waals surface area contributed by atoms with Gasteiger partial charge in [-0.25, -0.2) is 4.99 Å². The van der Waals surface area contributed by atoms with Crippen molar-refractivity contribution in [3.05, 3.63) is 23.9 Å². The summed E-state index contributed by atoms with van der Waals surface area (Å²) in [6, 6.07) is 0. The highest BCUT2D eigenvalue weighted by molar-refractivity contribution is 5.96. The standard InChI is InChI=1S/C10H13NO/c1-10(2)4-5-11-9-8(7-10)3-6-12-9/h4-5,7H,3,6H2,1-2H3. The highest BCUT2D eigenvalue weighted by Gasteiger charge is 2.22. The molecule has 0 N–H and O–H groups in total. The fraction of sp³-hybridized carbons (Fsp3) is 0.500. The van der Waals surface area contributed by atoms with Crippen LogP contribution < -0.4 is 0 Å². The van der Waals surface area contributed by atoms with E-state index >= 15 is 0 Å². The van der Waals surface area contributed by atoms with Crippen LogP contribution in [0.3, 0.4) is 0 Å². The largest absolute Gasteiger partial charge is 0.477 e. The molecule has 2 rings (SSSR count). The minimum absolute atomic E-state index is 0.119. The summed E-state index contributed by atoms with van der Waals surface area (Å²) in [6.07, 6.45) is 7.17. The first-order valence-electron chi connectivity index (χ1n) is 4.28. The smallest absolute Gasteiger partial charge is 0.216 e. The summed E-state index contributed by atoms with van der Waals surface area (Å²) in [6.45, 7) is 5.13. The Balaban J connectivity index is 2.40. The van der Waals surface area contributed by atoms with E-state index in [1.54, 1.807) is 0 Å². The van der Waals surface area contributed by atoms with E-state index in [0.29, 0.717) is 0 Å². The van der Waals surface area contributed by atoms with E-state index in [-0.39, 0.29) is 5.41 Å². The van der Waals surface area contributed by atoms with E-state index in [9.17, 15) is 0 Å². The van der Waals surface area contributed by atoms with E-state index < -0.39 is 0 Å². The SMILES string of the molecule is CC1(C)C=CN=C2OCCC2=C1. The summed E-state index contributed by atoms with van der Waals surface area (Å²) < 4.78 is 5.36. The second-order valence-electron chi connectivity index (χ2n) is 3.84. The van der Waals surface area contributed by atoms with Gasteiger partial charge in [0.25, 0.3) is 0 Å². The molecule has 2 heterocycles. The van der Waals surface area contributed by atoms with E-state index in [1.165, 1.54) is 5.57 Å². The van der Waals surface area contributed by atoms with Crippen molar-refractivity contribution >= 4 is 5.90 Å². The summed E-state index contributed by atoms with van der Waals surface area (Å²) in [5, 5.41) is 0. The lowest BCUT2D eigenvalue weighted by atomic mass is 9.91. The quantitative estimate of drug-likeness (QED) is 0.537. The van der Waals surface area contributed by atoms with Crippen molar-refractivity contribution < 1.29 is 4.74 Å². The van der Waals surface area contributed by atoms with Crippen molar-refractivity contribution in [3.63, 3.8) is 0 Å². The lowest BCUT2D eigenvalue weighted by Crippen LogP contribution is -2.04. The third kappa shape index (κ3) is 1.29. The number of nitrogens with zero attached hydrogens (tertiary/aromatic N) is 1. The number of ether oxygens (including phenoxy) is 1. The number of hydrogen-bond acceptors (Lipinski definition) is 2. The maximum absolute atomic E-state index is 5.36. The number of rotatable bonds is 0. The zero-order valence-electron chi connectivity index (χ0n) is 7.50. The van der Waals surface area contributed by atoms with Gasteiger partial charge in [0.2, 0.25) is 5.90 Å². The van der Waals surface area contributed by atoms with E-state index in [4.69, 9.17) is 4.74 Å². The number of aliphatic imine (C=N–C) groups is 1. The van der Waals surface area contributed by atoms with Gasteiger partial charge in [-0.1, -0.05) is 26.0 Å². The Morgan fingerprint density at radius 1 is 1.50 bits per heavy atom. The van der Waals surface area contributed by atoms with Crippen LogP contribution in [0.1, 0.15) is 20.3 Å². The fourth-order valence-electron chi connectivity index (χ4n) is 1.51. The Bertz CT molecular complexity index is 284. The molecular weight excluding hydrogens is 150 g/mol. The summed E-state index contributed by atoms with van der Waals surface area (Å²) in [5.41, 5.74) is 1.37. The molecule has 0 aromatic heterocycles. The number of hydrogen-bond donors (Lipinski definition) is 0. The lowest BCUT2D eigenvalue weighted by molar-refractivity contribution is 0.343. The Morgan fingerprint density at radius 3 is 3.17 bits per heavy atom. The van der Waals surface area contributed by atoms with Gasteiger partial charge in [0.05, 0.1) is 6.61 Å². The first-order valence-corrected chi connectivity index (χ1v) is 4.28. The zero-order valence-corrected chi connectivity index (χ0v) is 7.50. The molecule has 1 saturated heterocycles. The molecule has 2 aliphatic rings. The number of allylic oxidation sites excluding steroid dienone is 2. The maximum Gasteiger partial charge on any atom is 0.216 e. The van der Waals surface area contributed by atoms with Crippen LogP contribution in [-0.2, 0) is 4.74 Å². The molecule has 0 aliphatic carbocycles. The Kier molecular flexibility index (Phi) is 1.56. The molecule has 2 nitrogen and oxygen atoms in total.